The maximum atomic E-state index is 10.1. The number of nitrogens with one attached hydrogen (secondary N) is 1. The fourth-order valence-electron chi connectivity index (χ4n) is 3.02. The van der Waals surface area contributed by atoms with E-state index in [0.29, 0.717) is 6.42 Å². The third-order valence-corrected chi connectivity index (χ3v) is 4.56. The molecule has 0 amide bonds. The van der Waals surface area contributed by atoms with Crippen LogP contribution in [0, 0.1) is 0 Å². The van der Waals surface area contributed by atoms with E-state index >= 15 is 0 Å². The van der Waals surface area contributed by atoms with Gasteiger partial charge in [-0.1, -0.05) is 45.0 Å². The van der Waals surface area contributed by atoms with Crippen molar-refractivity contribution < 1.29 is 5.11 Å². The lowest BCUT2D eigenvalue weighted by Gasteiger charge is -2.19. The summed E-state index contributed by atoms with van der Waals surface area (Å²) in [7, 11) is 0. The number of aliphatic hydroxyl groups is 1. The first-order valence-electron chi connectivity index (χ1n) is 8.80. The fraction of sp³-hybridized carbons (Fsp3) is 0.429. The Balaban J connectivity index is 2.05. The van der Waals surface area contributed by atoms with Gasteiger partial charge < -0.3 is 10.1 Å². The van der Waals surface area contributed by atoms with Gasteiger partial charge in [-0.2, -0.15) is 0 Å². The Kier molecular flexibility index (Phi) is 4.41. The lowest BCUT2D eigenvalue weighted by Crippen LogP contribution is -2.19. The van der Waals surface area contributed by atoms with Crippen LogP contribution in [0.1, 0.15) is 52.2 Å². The first kappa shape index (κ1) is 17.6. The van der Waals surface area contributed by atoms with Gasteiger partial charge in [-0.05, 0) is 43.2 Å². The molecule has 4 heteroatoms. The molecule has 0 aliphatic heterocycles. The number of H-pyrrole nitrogens is 1. The molecule has 0 atom stereocenters. The molecule has 3 rings (SSSR count). The number of hydrogen-bond acceptors (Lipinski definition) is 3. The number of rotatable bonds is 4. The van der Waals surface area contributed by atoms with Crippen LogP contribution in [-0.2, 0) is 11.8 Å². The van der Waals surface area contributed by atoms with Crippen molar-refractivity contribution in [1.29, 1.82) is 0 Å². The predicted octanol–water partition coefficient (Wildman–Crippen LogP) is 4.63. The van der Waals surface area contributed by atoms with E-state index in [4.69, 9.17) is 0 Å². The molecule has 2 heterocycles. The number of nitrogens with zero attached hydrogens (tertiary/aromatic N) is 2. The average Bonchev–Trinajstić information content (AvgIpc) is 2.90. The molecule has 0 unspecified atom stereocenters. The lowest BCUT2D eigenvalue weighted by molar-refractivity contribution is 0.0715. The summed E-state index contributed by atoms with van der Waals surface area (Å²) in [6, 6.07) is 8.67. The van der Waals surface area contributed by atoms with E-state index in [1.165, 1.54) is 5.56 Å². The van der Waals surface area contributed by atoms with Gasteiger partial charge in [0.15, 0.2) is 5.65 Å². The van der Waals surface area contributed by atoms with Crippen LogP contribution in [0.25, 0.3) is 22.4 Å². The van der Waals surface area contributed by atoms with Crippen molar-refractivity contribution >= 4 is 11.2 Å². The number of aromatic amines is 1. The molecule has 0 saturated heterocycles. The molecule has 0 aliphatic rings. The van der Waals surface area contributed by atoms with Crippen LogP contribution in [0.5, 0.6) is 0 Å². The second kappa shape index (κ2) is 6.26. The number of hydrogen-bond donors (Lipinski definition) is 2. The normalized spacial score (nSPS) is 12.7. The molecule has 2 aromatic heterocycles. The van der Waals surface area contributed by atoms with Crippen molar-refractivity contribution in [1.82, 2.24) is 15.0 Å². The molecule has 0 fully saturated rings. The standard InChI is InChI=1S/C21H27N3O/c1-20(2,3)15-8-6-14(7-9-15)17-16(10-11-21(4,5)25)18-19(24-17)23-13-12-22-18/h6-9,12-13,25H,10-11H2,1-5H3,(H,23,24). The molecular formula is C21H27N3O. The van der Waals surface area contributed by atoms with E-state index in [1.54, 1.807) is 12.4 Å². The van der Waals surface area contributed by atoms with Gasteiger partial charge in [-0.15, -0.1) is 0 Å². The molecule has 0 spiro atoms. The van der Waals surface area contributed by atoms with Crippen molar-refractivity contribution in [3.05, 3.63) is 47.8 Å². The highest BCUT2D eigenvalue weighted by Gasteiger charge is 2.20. The van der Waals surface area contributed by atoms with Gasteiger partial charge in [0.25, 0.3) is 0 Å². The maximum absolute atomic E-state index is 10.1. The Morgan fingerprint density at radius 3 is 2.20 bits per heavy atom. The molecular weight excluding hydrogens is 310 g/mol. The quantitative estimate of drug-likeness (QED) is 0.730. The molecule has 4 nitrogen and oxygen atoms in total. The van der Waals surface area contributed by atoms with Crippen LogP contribution in [0.15, 0.2) is 36.7 Å². The summed E-state index contributed by atoms with van der Waals surface area (Å²) < 4.78 is 0. The molecule has 3 aromatic rings. The van der Waals surface area contributed by atoms with Gasteiger partial charge in [-0.3, -0.25) is 4.98 Å². The Bertz CT molecular complexity index is 865. The maximum Gasteiger partial charge on any atom is 0.156 e. The zero-order valence-corrected chi connectivity index (χ0v) is 15.7. The molecule has 0 aliphatic carbocycles. The zero-order chi connectivity index (χ0) is 18.2. The van der Waals surface area contributed by atoms with E-state index in [-0.39, 0.29) is 5.41 Å². The van der Waals surface area contributed by atoms with Crippen LogP contribution in [0.2, 0.25) is 0 Å². The van der Waals surface area contributed by atoms with Crippen molar-refractivity contribution in [3.8, 4) is 11.3 Å². The van der Waals surface area contributed by atoms with Crippen LogP contribution in [-0.4, -0.2) is 25.7 Å². The van der Waals surface area contributed by atoms with E-state index < -0.39 is 5.60 Å². The summed E-state index contributed by atoms with van der Waals surface area (Å²) in [5.41, 5.74) is 5.70. The number of aryl methyl sites for hydroxylation is 1. The monoisotopic (exact) mass is 337 g/mol. The van der Waals surface area contributed by atoms with Gasteiger partial charge in [0.05, 0.1) is 11.3 Å². The largest absolute Gasteiger partial charge is 0.390 e. The number of benzene rings is 1. The van der Waals surface area contributed by atoms with E-state index in [1.807, 2.05) is 13.8 Å². The van der Waals surface area contributed by atoms with Crippen molar-refractivity contribution in [2.75, 3.05) is 0 Å². The molecule has 25 heavy (non-hydrogen) atoms. The van der Waals surface area contributed by atoms with Gasteiger partial charge in [0.1, 0.15) is 5.52 Å². The van der Waals surface area contributed by atoms with Crippen molar-refractivity contribution in [2.45, 2.75) is 58.5 Å². The van der Waals surface area contributed by atoms with Gasteiger partial charge >= 0.3 is 0 Å². The minimum atomic E-state index is -0.709. The zero-order valence-electron chi connectivity index (χ0n) is 15.7. The van der Waals surface area contributed by atoms with Crippen LogP contribution < -0.4 is 0 Å². The highest BCUT2D eigenvalue weighted by atomic mass is 16.3. The molecule has 132 valence electrons. The van der Waals surface area contributed by atoms with E-state index in [2.05, 4.69) is 60.0 Å². The Hall–Kier alpha value is -2.20. The Labute approximate surface area is 149 Å². The Morgan fingerprint density at radius 2 is 1.60 bits per heavy atom. The van der Waals surface area contributed by atoms with Crippen LogP contribution in [0.3, 0.4) is 0 Å². The average molecular weight is 337 g/mol. The number of aromatic nitrogens is 3. The van der Waals surface area contributed by atoms with Crippen molar-refractivity contribution in [2.24, 2.45) is 0 Å². The summed E-state index contributed by atoms with van der Waals surface area (Å²) in [6.45, 7) is 10.3. The molecule has 1 aromatic carbocycles. The number of fused-ring (bicyclic) bond motifs is 1. The molecule has 0 radical (unpaired) electrons. The first-order chi connectivity index (χ1) is 11.6. The van der Waals surface area contributed by atoms with Gasteiger partial charge in [0, 0.05) is 18.0 Å². The van der Waals surface area contributed by atoms with Gasteiger partial charge in [-0.25, -0.2) is 4.98 Å². The van der Waals surface area contributed by atoms with Gasteiger partial charge in [0.2, 0.25) is 0 Å². The van der Waals surface area contributed by atoms with Crippen molar-refractivity contribution in [3.63, 3.8) is 0 Å². The lowest BCUT2D eigenvalue weighted by atomic mass is 9.86. The highest BCUT2D eigenvalue weighted by molar-refractivity contribution is 5.85. The highest BCUT2D eigenvalue weighted by Crippen LogP contribution is 2.32. The third kappa shape index (κ3) is 3.90. The van der Waals surface area contributed by atoms with Crippen LogP contribution >= 0.6 is 0 Å². The molecule has 2 N–H and O–H groups in total. The summed E-state index contributed by atoms with van der Waals surface area (Å²) >= 11 is 0. The smallest absolute Gasteiger partial charge is 0.156 e. The minimum Gasteiger partial charge on any atom is -0.390 e. The SMILES string of the molecule is CC(C)(O)CCc1c(-c2ccc(C(C)(C)C)cc2)[nH]c2nccnc12. The van der Waals surface area contributed by atoms with Crippen LogP contribution in [0.4, 0.5) is 0 Å². The topological polar surface area (TPSA) is 61.8 Å². The third-order valence-electron chi connectivity index (χ3n) is 4.56. The first-order valence-corrected chi connectivity index (χ1v) is 8.80. The summed E-state index contributed by atoms with van der Waals surface area (Å²) in [4.78, 5) is 12.3. The summed E-state index contributed by atoms with van der Waals surface area (Å²) in [5, 5.41) is 10.1. The second-order valence-electron chi connectivity index (χ2n) is 8.37. The Morgan fingerprint density at radius 1 is 0.960 bits per heavy atom. The molecule has 0 saturated carbocycles. The molecule has 0 bridgehead atoms. The fourth-order valence-corrected chi connectivity index (χ4v) is 3.02. The van der Waals surface area contributed by atoms with E-state index in [0.717, 1.165) is 34.4 Å². The minimum absolute atomic E-state index is 0.131. The second-order valence-corrected chi connectivity index (χ2v) is 8.37. The summed E-state index contributed by atoms with van der Waals surface area (Å²) in [5.74, 6) is 0. The van der Waals surface area contributed by atoms with E-state index in [9.17, 15) is 5.11 Å². The predicted molar refractivity (Wildman–Crippen MR) is 103 cm³/mol. The summed E-state index contributed by atoms with van der Waals surface area (Å²) in [6.07, 6.45) is 4.84.